The lowest BCUT2D eigenvalue weighted by molar-refractivity contribution is -0.143. The van der Waals surface area contributed by atoms with Gasteiger partial charge in [0.1, 0.15) is 4.21 Å². The number of fused-ring (bicyclic) bond motifs is 1. The van der Waals surface area contributed by atoms with Crippen molar-refractivity contribution in [2.75, 3.05) is 17.8 Å². The van der Waals surface area contributed by atoms with Gasteiger partial charge in [-0.1, -0.05) is 23.7 Å². The van der Waals surface area contributed by atoms with E-state index in [9.17, 15) is 18.3 Å². The number of hydrogen-bond acceptors (Lipinski definition) is 5. The Morgan fingerprint density at radius 1 is 1.27 bits per heavy atom. The van der Waals surface area contributed by atoms with Crippen LogP contribution in [0.2, 0.25) is 5.02 Å². The van der Waals surface area contributed by atoms with Crippen LogP contribution in [0.25, 0.3) is 10.1 Å². The molecular formula is C21H21ClN2O4S2. The fourth-order valence-corrected chi connectivity index (χ4v) is 6.93. The van der Waals surface area contributed by atoms with Gasteiger partial charge in [-0.3, -0.25) is 9.52 Å². The number of carboxylic acids is 1. The van der Waals surface area contributed by atoms with Crippen molar-refractivity contribution < 1.29 is 18.3 Å². The van der Waals surface area contributed by atoms with Gasteiger partial charge < -0.3 is 10.4 Å². The first-order chi connectivity index (χ1) is 14.3. The van der Waals surface area contributed by atoms with E-state index in [1.54, 1.807) is 37.3 Å². The molecule has 2 atom stereocenters. The zero-order chi connectivity index (χ0) is 21.5. The molecular weight excluding hydrogens is 444 g/mol. The van der Waals surface area contributed by atoms with Crippen LogP contribution in [-0.4, -0.2) is 32.6 Å². The molecule has 1 aliphatic rings. The molecule has 2 unspecified atom stereocenters. The van der Waals surface area contributed by atoms with Crippen LogP contribution in [0.4, 0.5) is 5.69 Å². The predicted octanol–water partition coefficient (Wildman–Crippen LogP) is 4.44. The van der Waals surface area contributed by atoms with Crippen LogP contribution < -0.4 is 10.0 Å². The largest absolute Gasteiger partial charge is 0.481 e. The summed E-state index contributed by atoms with van der Waals surface area (Å²) in [5.41, 5.74) is 1.87. The number of aryl methyl sites for hydroxylation is 1. The summed E-state index contributed by atoms with van der Waals surface area (Å²) < 4.78 is 29.9. The second-order valence-electron chi connectivity index (χ2n) is 7.43. The molecule has 1 fully saturated rings. The van der Waals surface area contributed by atoms with Gasteiger partial charge in [-0.2, -0.15) is 0 Å². The third-order valence-electron chi connectivity index (χ3n) is 5.46. The molecule has 158 valence electrons. The Morgan fingerprint density at radius 3 is 2.83 bits per heavy atom. The summed E-state index contributed by atoms with van der Waals surface area (Å²) in [4.78, 5) is 11.6. The maximum absolute atomic E-state index is 13.1. The number of nitrogens with one attached hydrogen (secondary N) is 2. The van der Waals surface area contributed by atoms with Crippen LogP contribution in [-0.2, 0) is 14.8 Å². The van der Waals surface area contributed by atoms with Gasteiger partial charge in [0.25, 0.3) is 10.0 Å². The van der Waals surface area contributed by atoms with Crippen molar-refractivity contribution in [1.82, 2.24) is 5.32 Å². The van der Waals surface area contributed by atoms with Crippen molar-refractivity contribution in [2.24, 2.45) is 5.92 Å². The van der Waals surface area contributed by atoms with Crippen molar-refractivity contribution in [3.05, 3.63) is 58.6 Å². The first-order valence-corrected chi connectivity index (χ1v) is 12.2. The topological polar surface area (TPSA) is 95.5 Å². The van der Waals surface area contributed by atoms with Gasteiger partial charge >= 0.3 is 5.97 Å². The highest BCUT2D eigenvalue weighted by Crippen LogP contribution is 2.37. The van der Waals surface area contributed by atoms with Crippen LogP contribution in [0, 0.1) is 12.8 Å². The van der Waals surface area contributed by atoms with Crippen molar-refractivity contribution in [1.29, 1.82) is 0 Å². The van der Waals surface area contributed by atoms with Gasteiger partial charge in [0.15, 0.2) is 0 Å². The average Bonchev–Trinajstić information content (AvgIpc) is 3.05. The van der Waals surface area contributed by atoms with Crippen molar-refractivity contribution in [2.45, 2.75) is 23.5 Å². The maximum Gasteiger partial charge on any atom is 0.307 e. The smallest absolute Gasteiger partial charge is 0.307 e. The standard InChI is InChI=1S/C21H21ClN2O4S2/c1-12-17-10-14(22)5-6-19(17)29-21(12)30(27,28)24-15-4-2-3-13(9-15)18-11-23-8-7-16(18)20(25)26/h2-6,9-10,16,18,23-24H,7-8,11H2,1H3,(H,25,26). The number of sulfonamides is 1. The van der Waals surface area contributed by atoms with Crippen LogP contribution in [0.5, 0.6) is 0 Å². The number of aliphatic carboxylic acids is 1. The highest BCUT2D eigenvalue weighted by atomic mass is 35.5. The van der Waals surface area contributed by atoms with Crippen LogP contribution in [0.3, 0.4) is 0 Å². The zero-order valence-electron chi connectivity index (χ0n) is 16.2. The maximum atomic E-state index is 13.1. The molecule has 0 spiro atoms. The number of halogens is 1. The molecule has 0 aliphatic carbocycles. The Hall–Kier alpha value is -2.13. The van der Waals surface area contributed by atoms with Gasteiger partial charge in [0.05, 0.1) is 5.92 Å². The number of benzene rings is 2. The molecule has 0 amide bonds. The van der Waals surface area contributed by atoms with Crippen molar-refractivity contribution >= 4 is 54.7 Å². The van der Waals surface area contributed by atoms with Gasteiger partial charge in [-0.25, -0.2) is 8.42 Å². The molecule has 3 N–H and O–H groups in total. The van der Waals surface area contributed by atoms with Gasteiger partial charge in [0.2, 0.25) is 0 Å². The molecule has 0 saturated carbocycles. The summed E-state index contributed by atoms with van der Waals surface area (Å²) in [5, 5.41) is 14.1. The van der Waals surface area contributed by atoms with E-state index in [0.29, 0.717) is 35.8 Å². The molecule has 1 saturated heterocycles. The molecule has 0 bridgehead atoms. The third kappa shape index (κ3) is 4.05. The minimum atomic E-state index is -3.80. The normalized spacial score (nSPS) is 19.7. The lowest BCUT2D eigenvalue weighted by Gasteiger charge is -2.29. The van der Waals surface area contributed by atoms with Gasteiger partial charge in [0, 0.05) is 27.9 Å². The number of anilines is 1. The summed E-state index contributed by atoms with van der Waals surface area (Å²) >= 11 is 7.26. The van der Waals surface area contributed by atoms with E-state index in [1.807, 2.05) is 12.1 Å². The molecule has 1 aromatic heterocycles. The predicted molar refractivity (Wildman–Crippen MR) is 120 cm³/mol. The van der Waals surface area contributed by atoms with E-state index in [2.05, 4.69) is 10.0 Å². The number of thiophene rings is 1. The lowest BCUT2D eigenvalue weighted by Crippen LogP contribution is -2.38. The van der Waals surface area contributed by atoms with Crippen molar-refractivity contribution in [3.63, 3.8) is 0 Å². The van der Waals surface area contributed by atoms with E-state index in [4.69, 9.17) is 11.6 Å². The number of rotatable bonds is 5. The Bertz CT molecular complexity index is 1220. The van der Waals surface area contributed by atoms with Crippen LogP contribution in [0.15, 0.2) is 46.7 Å². The first kappa shape index (κ1) is 21.1. The van der Waals surface area contributed by atoms with E-state index in [0.717, 1.165) is 15.6 Å². The fourth-order valence-electron chi connectivity index (χ4n) is 3.97. The quantitative estimate of drug-likeness (QED) is 0.518. The summed E-state index contributed by atoms with van der Waals surface area (Å²) in [5.74, 6) is -1.53. The summed E-state index contributed by atoms with van der Waals surface area (Å²) in [7, 11) is -3.80. The number of hydrogen-bond donors (Lipinski definition) is 3. The zero-order valence-corrected chi connectivity index (χ0v) is 18.6. The summed E-state index contributed by atoms with van der Waals surface area (Å²) in [6.45, 7) is 2.98. The SMILES string of the molecule is Cc1c(S(=O)(=O)Nc2cccc(C3CNCCC3C(=O)O)c2)sc2ccc(Cl)cc12. The molecule has 0 radical (unpaired) electrons. The Morgan fingerprint density at radius 2 is 2.07 bits per heavy atom. The molecule has 2 heterocycles. The Balaban J connectivity index is 1.65. The first-order valence-electron chi connectivity index (χ1n) is 9.51. The molecule has 3 aromatic rings. The van der Waals surface area contributed by atoms with E-state index in [1.165, 1.54) is 11.3 Å². The fraction of sp³-hybridized carbons (Fsp3) is 0.286. The summed E-state index contributed by atoms with van der Waals surface area (Å²) in [6, 6.07) is 12.3. The average molecular weight is 465 g/mol. The van der Waals surface area contributed by atoms with E-state index < -0.39 is 21.9 Å². The highest BCUT2D eigenvalue weighted by molar-refractivity contribution is 7.94. The highest BCUT2D eigenvalue weighted by Gasteiger charge is 2.32. The third-order valence-corrected chi connectivity index (χ3v) is 8.97. The molecule has 2 aromatic carbocycles. The molecule has 30 heavy (non-hydrogen) atoms. The summed E-state index contributed by atoms with van der Waals surface area (Å²) in [6.07, 6.45) is 0.541. The van der Waals surface area contributed by atoms with E-state index >= 15 is 0 Å². The number of piperidine rings is 1. The monoisotopic (exact) mass is 464 g/mol. The van der Waals surface area contributed by atoms with Crippen LogP contribution in [0.1, 0.15) is 23.5 Å². The Labute approximate surface area is 183 Å². The van der Waals surface area contributed by atoms with Crippen LogP contribution >= 0.6 is 22.9 Å². The lowest BCUT2D eigenvalue weighted by atomic mass is 9.81. The number of carboxylic acid groups (broad SMARTS) is 1. The molecule has 4 rings (SSSR count). The van der Waals surface area contributed by atoms with Crippen molar-refractivity contribution in [3.8, 4) is 0 Å². The minimum absolute atomic E-state index is 0.214. The number of carbonyl (C=O) groups is 1. The second-order valence-corrected chi connectivity index (χ2v) is 10.8. The second kappa shape index (κ2) is 8.19. The van der Waals surface area contributed by atoms with Gasteiger partial charge in [-0.05, 0) is 66.7 Å². The molecule has 1 aliphatic heterocycles. The Kier molecular flexibility index (Phi) is 5.76. The molecule has 9 heteroatoms. The minimum Gasteiger partial charge on any atom is -0.481 e. The van der Waals surface area contributed by atoms with E-state index in [-0.39, 0.29) is 10.1 Å². The molecule has 6 nitrogen and oxygen atoms in total. The van der Waals surface area contributed by atoms with Gasteiger partial charge in [-0.15, -0.1) is 11.3 Å².